The van der Waals surface area contributed by atoms with E-state index in [1.165, 1.54) is 17.0 Å². The molecule has 1 aliphatic heterocycles. The Morgan fingerprint density at radius 3 is 2.73 bits per heavy atom. The van der Waals surface area contributed by atoms with Crippen LogP contribution in [0.25, 0.3) is 0 Å². The van der Waals surface area contributed by atoms with E-state index in [9.17, 15) is 18.0 Å². The molecule has 2 heterocycles. The number of nitrogens with one attached hydrogen (secondary N) is 2. The van der Waals surface area contributed by atoms with Crippen LogP contribution in [0.2, 0.25) is 0 Å². The molecule has 1 amide bonds. The number of nitrogens with two attached hydrogens (primary N) is 1. The van der Waals surface area contributed by atoms with Gasteiger partial charge >= 0.3 is 12.3 Å². The number of hydrazine groups is 1. The molecular weight excluding hydrogens is 303 g/mol. The molecule has 10 heteroatoms. The van der Waals surface area contributed by atoms with Crippen molar-refractivity contribution in [2.24, 2.45) is 5.84 Å². The summed E-state index contributed by atoms with van der Waals surface area (Å²) in [6, 6.07) is 0.322. The third kappa shape index (κ3) is 3.77. The van der Waals surface area contributed by atoms with Gasteiger partial charge < -0.3 is 15.8 Å². The molecule has 1 aromatic rings. The summed E-state index contributed by atoms with van der Waals surface area (Å²) in [4.78, 5) is 15.6. The lowest BCUT2D eigenvalue weighted by atomic mass is 10.1. The van der Waals surface area contributed by atoms with E-state index < -0.39 is 24.4 Å². The van der Waals surface area contributed by atoms with E-state index in [0.717, 1.165) is 6.20 Å². The fraction of sp³-hybridized carbons (Fsp3) is 0.500. The van der Waals surface area contributed by atoms with Gasteiger partial charge in [0.1, 0.15) is 11.9 Å². The fourth-order valence-corrected chi connectivity index (χ4v) is 2.57. The zero-order chi connectivity index (χ0) is 16.3. The monoisotopic (exact) mass is 319 g/mol. The van der Waals surface area contributed by atoms with E-state index in [1.54, 1.807) is 0 Å². The summed E-state index contributed by atoms with van der Waals surface area (Å²) in [5.74, 6) is 5.40. The van der Waals surface area contributed by atoms with Crippen molar-refractivity contribution in [2.45, 2.75) is 24.7 Å². The van der Waals surface area contributed by atoms with Gasteiger partial charge in [0.2, 0.25) is 0 Å². The number of alkyl halides is 3. The number of pyridine rings is 1. The Morgan fingerprint density at radius 2 is 2.23 bits per heavy atom. The smallest absolute Gasteiger partial charge is 0.408 e. The van der Waals surface area contributed by atoms with Crippen LogP contribution in [0.5, 0.6) is 0 Å². The molecule has 0 saturated carbocycles. The minimum absolute atomic E-state index is 0.00658. The molecule has 122 valence electrons. The van der Waals surface area contributed by atoms with E-state index in [-0.39, 0.29) is 24.5 Å². The highest BCUT2D eigenvalue weighted by molar-refractivity contribution is 5.64. The van der Waals surface area contributed by atoms with Crippen LogP contribution in [0.15, 0.2) is 18.3 Å². The number of nitrogen functional groups attached to an aromatic ring is 1. The first-order valence-corrected chi connectivity index (χ1v) is 6.54. The Kier molecular flexibility index (Phi) is 4.71. The normalized spacial score (nSPS) is 20.6. The van der Waals surface area contributed by atoms with Gasteiger partial charge in [0.15, 0.2) is 0 Å². The minimum atomic E-state index is -4.49. The van der Waals surface area contributed by atoms with Crippen LogP contribution < -0.4 is 16.6 Å². The first kappa shape index (κ1) is 16.3. The van der Waals surface area contributed by atoms with Crippen molar-refractivity contribution in [3.8, 4) is 0 Å². The molecule has 2 atom stereocenters. The van der Waals surface area contributed by atoms with Crippen LogP contribution in [0, 0.1) is 0 Å². The quantitative estimate of drug-likeness (QED) is 0.493. The minimum Gasteiger partial charge on any atom is -0.465 e. The number of rotatable bonds is 4. The van der Waals surface area contributed by atoms with E-state index in [2.05, 4.69) is 15.7 Å². The number of hydrogen-bond acceptors (Lipinski definition) is 5. The lowest BCUT2D eigenvalue weighted by molar-refractivity contribution is -0.183. The standard InChI is InChI=1S/C12H16F3N5O2/c13-12(14,15)10(7-1-2-9(19-16)17-5-7)20-4-3-8(6-20)18-11(21)22/h1-2,5,8,10,18H,3-4,6,16H2,(H,17,19)(H,21,22). The van der Waals surface area contributed by atoms with E-state index in [0.29, 0.717) is 6.42 Å². The van der Waals surface area contributed by atoms with Crippen LogP contribution in [-0.2, 0) is 0 Å². The molecule has 0 bridgehead atoms. The number of halogens is 3. The summed E-state index contributed by atoms with van der Waals surface area (Å²) in [6.45, 7) is 0.138. The highest BCUT2D eigenvalue weighted by Gasteiger charge is 2.47. The maximum Gasteiger partial charge on any atom is 0.408 e. The molecule has 0 aromatic carbocycles. The number of amides is 1. The number of carbonyl (C=O) groups is 1. The van der Waals surface area contributed by atoms with Crippen molar-refractivity contribution in [3.63, 3.8) is 0 Å². The van der Waals surface area contributed by atoms with Gasteiger partial charge in [0.25, 0.3) is 0 Å². The third-order valence-electron chi connectivity index (χ3n) is 3.47. The highest BCUT2D eigenvalue weighted by atomic mass is 19.4. The summed E-state index contributed by atoms with van der Waals surface area (Å²) in [5, 5.41) is 10.9. The summed E-state index contributed by atoms with van der Waals surface area (Å²) in [5.41, 5.74) is 2.24. The van der Waals surface area contributed by atoms with E-state index >= 15 is 0 Å². The first-order chi connectivity index (χ1) is 10.3. The Labute approximate surface area is 124 Å². The molecule has 5 N–H and O–H groups in total. The number of hydrogen-bond donors (Lipinski definition) is 4. The van der Waals surface area contributed by atoms with Crippen LogP contribution in [0.1, 0.15) is 18.0 Å². The molecular formula is C12H16F3N5O2. The van der Waals surface area contributed by atoms with Gasteiger partial charge in [-0.1, -0.05) is 6.07 Å². The van der Waals surface area contributed by atoms with Gasteiger partial charge in [-0.2, -0.15) is 13.2 Å². The van der Waals surface area contributed by atoms with Crippen LogP contribution in [0.4, 0.5) is 23.8 Å². The topological polar surface area (TPSA) is 104 Å². The SMILES string of the molecule is NNc1ccc(C(N2CCC(NC(=O)O)C2)C(F)(F)F)cn1. The number of nitrogens with zero attached hydrogens (tertiary/aromatic N) is 2. The predicted octanol–water partition coefficient (Wildman–Crippen LogP) is 1.31. The highest BCUT2D eigenvalue weighted by Crippen LogP contribution is 2.39. The number of anilines is 1. The molecule has 1 saturated heterocycles. The average molecular weight is 319 g/mol. The Balaban J connectivity index is 2.18. The van der Waals surface area contributed by atoms with Crippen molar-refractivity contribution in [1.82, 2.24) is 15.2 Å². The fourth-order valence-electron chi connectivity index (χ4n) is 2.57. The Bertz CT molecular complexity index is 522. The zero-order valence-electron chi connectivity index (χ0n) is 11.5. The molecule has 1 fully saturated rings. The van der Waals surface area contributed by atoms with Gasteiger partial charge in [-0.05, 0) is 18.1 Å². The number of likely N-dealkylation sites (tertiary alicyclic amines) is 1. The third-order valence-corrected chi connectivity index (χ3v) is 3.47. The van der Waals surface area contributed by atoms with Crippen molar-refractivity contribution >= 4 is 11.9 Å². The van der Waals surface area contributed by atoms with Crippen molar-refractivity contribution in [2.75, 3.05) is 18.5 Å². The van der Waals surface area contributed by atoms with Crippen LogP contribution in [0.3, 0.4) is 0 Å². The van der Waals surface area contributed by atoms with Gasteiger partial charge in [-0.15, -0.1) is 0 Å². The molecule has 0 aliphatic carbocycles. The van der Waals surface area contributed by atoms with E-state index in [1.807, 2.05) is 0 Å². The lowest BCUT2D eigenvalue weighted by Gasteiger charge is -2.30. The first-order valence-electron chi connectivity index (χ1n) is 6.54. The molecule has 22 heavy (non-hydrogen) atoms. The summed E-state index contributed by atoms with van der Waals surface area (Å²) < 4.78 is 40.1. The summed E-state index contributed by atoms with van der Waals surface area (Å²) in [6.07, 6.45) is -4.28. The van der Waals surface area contributed by atoms with Crippen molar-refractivity contribution in [1.29, 1.82) is 0 Å². The lowest BCUT2D eigenvalue weighted by Crippen LogP contribution is -2.40. The molecule has 1 aliphatic rings. The molecule has 2 rings (SSSR count). The Morgan fingerprint density at radius 1 is 1.50 bits per heavy atom. The molecule has 1 aromatic heterocycles. The predicted molar refractivity (Wildman–Crippen MR) is 72.0 cm³/mol. The zero-order valence-corrected chi connectivity index (χ0v) is 11.5. The maximum absolute atomic E-state index is 13.4. The molecule has 7 nitrogen and oxygen atoms in total. The van der Waals surface area contributed by atoms with Gasteiger partial charge in [-0.25, -0.2) is 15.6 Å². The van der Waals surface area contributed by atoms with Crippen LogP contribution >= 0.6 is 0 Å². The van der Waals surface area contributed by atoms with Gasteiger partial charge in [0, 0.05) is 25.3 Å². The largest absolute Gasteiger partial charge is 0.465 e. The maximum atomic E-state index is 13.4. The number of carboxylic acid groups (broad SMARTS) is 1. The Hall–Kier alpha value is -2.07. The summed E-state index contributed by atoms with van der Waals surface area (Å²) >= 11 is 0. The second-order valence-corrected chi connectivity index (χ2v) is 5.00. The molecule has 0 radical (unpaired) electrons. The molecule has 0 spiro atoms. The summed E-state index contributed by atoms with van der Waals surface area (Å²) in [7, 11) is 0. The number of aromatic nitrogens is 1. The van der Waals surface area contributed by atoms with Gasteiger partial charge in [0.05, 0.1) is 0 Å². The van der Waals surface area contributed by atoms with E-state index in [4.69, 9.17) is 10.9 Å². The second kappa shape index (κ2) is 6.36. The molecule has 2 unspecified atom stereocenters. The van der Waals surface area contributed by atoms with Crippen LogP contribution in [-0.4, -0.2) is 46.4 Å². The van der Waals surface area contributed by atoms with Crippen molar-refractivity contribution < 1.29 is 23.1 Å². The average Bonchev–Trinajstić information content (AvgIpc) is 2.85. The van der Waals surface area contributed by atoms with Gasteiger partial charge in [-0.3, -0.25) is 4.90 Å². The second-order valence-electron chi connectivity index (χ2n) is 5.00. The van der Waals surface area contributed by atoms with Crippen molar-refractivity contribution in [3.05, 3.63) is 23.9 Å².